The SMILES string of the molecule is CNc1ccc(C(=O)N[C@@]2(C)C(=O)N3[C@@H](C(=O)O)C(C)(C)S[C@@H]32)cc1. The molecule has 3 N–H and O–H groups in total. The Hall–Kier alpha value is -2.22. The first-order valence-electron chi connectivity index (χ1n) is 7.95. The normalized spacial score (nSPS) is 29.6. The lowest BCUT2D eigenvalue weighted by Crippen LogP contribution is -2.78. The number of fused-ring (bicyclic) bond motifs is 1. The molecule has 0 saturated carbocycles. The Balaban J connectivity index is 1.80. The summed E-state index contributed by atoms with van der Waals surface area (Å²) in [5, 5.41) is 14.9. The van der Waals surface area contributed by atoms with Crippen molar-refractivity contribution in [2.45, 2.75) is 42.5 Å². The van der Waals surface area contributed by atoms with Gasteiger partial charge >= 0.3 is 5.97 Å². The summed E-state index contributed by atoms with van der Waals surface area (Å²) in [5.41, 5.74) is 0.222. The maximum Gasteiger partial charge on any atom is 0.327 e. The molecule has 2 heterocycles. The Bertz CT molecular complexity index is 749. The van der Waals surface area contributed by atoms with Gasteiger partial charge in [0.1, 0.15) is 17.0 Å². The molecule has 3 rings (SSSR count). The zero-order valence-corrected chi connectivity index (χ0v) is 15.3. The summed E-state index contributed by atoms with van der Waals surface area (Å²) in [4.78, 5) is 38.1. The number of benzene rings is 1. The minimum Gasteiger partial charge on any atom is -0.480 e. The van der Waals surface area contributed by atoms with E-state index in [1.807, 2.05) is 0 Å². The molecule has 2 aliphatic heterocycles. The van der Waals surface area contributed by atoms with E-state index in [1.165, 1.54) is 16.7 Å². The van der Waals surface area contributed by atoms with Gasteiger partial charge in [0, 0.05) is 23.0 Å². The van der Waals surface area contributed by atoms with Crippen LogP contribution in [0.25, 0.3) is 0 Å². The minimum absolute atomic E-state index is 0.352. The molecule has 25 heavy (non-hydrogen) atoms. The molecule has 0 aliphatic carbocycles. The van der Waals surface area contributed by atoms with E-state index in [4.69, 9.17) is 0 Å². The van der Waals surface area contributed by atoms with E-state index >= 15 is 0 Å². The first kappa shape index (κ1) is 17.6. The van der Waals surface area contributed by atoms with Crippen molar-refractivity contribution in [1.82, 2.24) is 10.2 Å². The van der Waals surface area contributed by atoms with Crippen molar-refractivity contribution >= 4 is 35.2 Å². The van der Waals surface area contributed by atoms with Crippen molar-refractivity contribution in [3.63, 3.8) is 0 Å². The van der Waals surface area contributed by atoms with Gasteiger partial charge in [-0.3, -0.25) is 9.59 Å². The number of carbonyl (C=O) groups excluding carboxylic acids is 2. The molecule has 1 aromatic rings. The quantitative estimate of drug-likeness (QED) is 0.699. The number of thioether (sulfide) groups is 1. The smallest absolute Gasteiger partial charge is 0.327 e. The number of carboxylic acids is 1. The zero-order valence-electron chi connectivity index (χ0n) is 14.5. The molecule has 134 valence electrons. The maximum absolute atomic E-state index is 12.7. The van der Waals surface area contributed by atoms with Gasteiger partial charge in [-0.15, -0.1) is 11.8 Å². The van der Waals surface area contributed by atoms with E-state index in [0.29, 0.717) is 5.56 Å². The second kappa shape index (κ2) is 5.66. The number of hydrogen-bond donors (Lipinski definition) is 3. The largest absolute Gasteiger partial charge is 0.480 e. The lowest BCUT2D eigenvalue weighted by Gasteiger charge is -2.51. The molecule has 2 amide bonds. The van der Waals surface area contributed by atoms with Crippen LogP contribution in [0, 0.1) is 0 Å². The monoisotopic (exact) mass is 363 g/mol. The van der Waals surface area contributed by atoms with Gasteiger partial charge in [0.25, 0.3) is 11.8 Å². The summed E-state index contributed by atoms with van der Waals surface area (Å²) in [5.74, 6) is -1.73. The fourth-order valence-electron chi connectivity index (χ4n) is 3.43. The molecule has 2 aliphatic rings. The average molecular weight is 363 g/mol. The Labute approximate surface area is 150 Å². The number of amides is 2. The van der Waals surface area contributed by atoms with Gasteiger partial charge in [-0.2, -0.15) is 0 Å². The van der Waals surface area contributed by atoms with Crippen LogP contribution in [0.4, 0.5) is 5.69 Å². The summed E-state index contributed by atoms with van der Waals surface area (Å²) in [6.45, 7) is 5.27. The molecule has 8 heteroatoms. The average Bonchev–Trinajstić information content (AvgIpc) is 2.84. The number of aliphatic carboxylic acids is 1. The Morgan fingerprint density at radius 3 is 2.32 bits per heavy atom. The van der Waals surface area contributed by atoms with Crippen LogP contribution in [-0.4, -0.2) is 56.5 Å². The molecule has 2 saturated heterocycles. The molecular formula is C17H21N3O4S. The number of anilines is 1. The van der Waals surface area contributed by atoms with Gasteiger partial charge in [-0.25, -0.2) is 4.79 Å². The van der Waals surface area contributed by atoms with E-state index in [0.717, 1.165) is 5.69 Å². The van der Waals surface area contributed by atoms with Gasteiger partial charge in [0.2, 0.25) is 0 Å². The molecule has 7 nitrogen and oxygen atoms in total. The highest BCUT2D eigenvalue weighted by Gasteiger charge is 2.70. The van der Waals surface area contributed by atoms with Crippen LogP contribution in [-0.2, 0) is 9.59 Å². The maximum atomic E-state index is 12.7. The van der Waals surface area contributed by atoms with E-state index in [-0.39, 0.29) is 11.8 Å². The summed E-state index contributed by atoms with van der Waals surface area (Å²) in [6.07, 6.45) is 0. The van der Waals surface area contributed by atoms with E-state index in [1.54, 1.807) is 52.1 Å². The van der Waals surface area contributed by atoms with Crippen LogP contribution in [0.3, 0.4) is 0 Å². The van der Waals surface area contributed by atoms with Crippen LogP contribution in [0.5, 0.6) is 0 Å². The predicted molar refractivity (Wildman–Crippen MR) is 95.6 cm³/mol. The lowest BCUT2D eigenvalue weighted by atomic mass is 9.86. The summed E-state index contributed by atoms with van der Waals surface area (Å²) in [7, 11) is 1.79. The molecular weight excluding hydrogens is 342 g/mol. The highest BCUT2D eigenvalue weighted by Crippen LogP contribution is 2.54. The zero-order chi connectivity index (χ0) is 18.6. The molecule has 1 aromatic carbocycles. The first-order valence-corrected chi connectivity index (χ1v) is 8.83. The third-order valence-electron chi connectivity index (χ3n) is 4.82. The fraction of sp³-hybridized carbons (Fsp3) is 0.471. The first-order chi connectivity index (χ1) is 11.6. The third kappa shape index (κ3) is 2.55. The number of rotatable bonds is 4. The molecule has 3 atom stereocenters. The van der Waals surface area contributed by atoms with Crippen LogP contribution < -0.4 is 10.6 Å². The van der Waals surface area contributed by atoms with Gasteiger partial charge in [-0.05, 0) is 45.0 Å². The summed E-state index contributed by atoms with van der Waals surface area (Å²) in [6, 6.07) is 6.02. The molecule has 0 bridgehead atoms. The number of β-lactam (4-membered cyclic amide) rings is 1. The lowest BCUT2D eigenvalue weighted by molar-refractivity contribution is -0.165. The Morgan fingerprint density at radius 2 is 1.80 bits per heavy atom. The highest BCUT2D eigenvalue weighted by molar-refractivity contribution is 8.01. The number of nitrogens with zero attached hydrogens (tertiary/aromatic N) is 1. The number of nitrogens with one attached hydrogen (secondary N) is 2. The Morgan fingerprint density at radius 1 is 1.20 bits per heavy atom. The fourth-order valence-corrected chi connectivity index (χ4v) is 5.08. The highest BCUT2D eigenvalue weighted by atomic mass is 32.2. The van der Waals surface area contributed by atoms with Crippen LogP contribution in [0.1, 0.15) is 31.1 Å². The van der Waals surface area contributed by atoms with E-state index < -0.39 is 27.7 Å². The minimum atomic E-state index is -1.11. The third-order valence-corrected chi connectivity index (χ3v) is 6.57. The number of hydrogen-bond acceptors (Lipinski definition) is 5. The van der Waals surface area contributed by atoms with Gasteiger partial charge in [0.05, 0.1) is 0 Å². The topological polar surface area (TPSA) is 98.7 Å². The van der Waals surface area contributed by atoms with Crippen molar-refractivity contribution in [1.29, 1.82) is 0 Å². The molecule has 0 aromatic heterocycles. The number of carboxylic acid groups (broad SMARTS) is 1. The van der Waals surface area contributed by atoms with Gasteiger partial charge < -0.3 is 20.6 Å². The number of carbonyl (C=O) groups is 3. The van der Waals surface area contributed by atoms with Crippen molar-refractivity contribution in [2.24, 2.45) is 0 Å². The van der Waals surface area contributed by atoms with Crippen molar-refractivity contribution in [3.05, 3.63) is 29.8 Å². The van der Waals surface area contributed by atoms with Crippen molar-refractivity contribution < 1.29 is 19.5 Å². The summed E-state index contributed by atoms with van der Waals surface area (Å²) < 4.78 is -0.622. The molecule has 0 unspecified atom stereocenters. The predicted octanol–water partition coefficient (Wildman–Crippen LogP) is 1.36. The van der Waals surface area contributed by atoms with Gasteiger partial charge in [0.15, 0.2) is 0 Å². The second-order valence-corrected chi connectivity index (χ2v) is 8.75. The van der Waals surface area contributed by atoms with Crippen LogP contribution >= 0.6 is 11.8 Å². The van der Waals surface area contributed by atoms with Gasteiger partial charge in [-0.1, -0.05) is 0 Å². The van der Waals surface area contributed by atoms with Crippen LogP contribution in [0.15, 0.2) is 24.3 Å². The van der Waals surface area contributed by atoms with Crippen molar-refractivity contribution in [2.75, 3.05) is 12.4 Å². The second-order valence-electron chi connectivity index (χ2n) is 7.01. The van der Waals surface area contributed by atoms with Crippen molar-refractivity contribution in [3.8, 4) is 0 Å². The van der Waals surface area contributed by atoms with E-state index in [2.05, 4.69) is 10.6 Å². The summed E-state index contributed by atoms with van der Waals surface area (Å²) >= 11 is 1.41. The van der Waals surface area contributed by atoms with Crippen LogP contribution in [0.2, 0.25) is 0 Å². The Kier molecular flexibility index (Phi) is 3.98. The molecule has 2 fully saturated rings. The standard InChI is InChI=1S/C17H21N3O4S/c1-16(2)11(13(22)23)20-14(24)17(3,15(20)25-16)19-12(21)9-5-7-10(18-4)8-6-9/h5-8,11,15,18H,1-4H3,(H,19,21)(H,22,23)/t11-,15+,17-/m0/s1. The molecule has 0 radical (unpaired) electrons. The molecule has 0 spiro atoms. The van der Waals surface area contributed by atoms with E-state index in [9.17, 15) is 19.5 Å².